The van der Waals surface area contributed by atoms with Crippen LogP contribution >= 0.6 is 23.2 Å². The molecule has 1 aromatic rings. The summed E-state index contributed by atoms with van der Waals surface area (Å²) in [6.45, 7) is 8.18. The molecule has 0 amide bonds. The van der Waals surface area contributed by atoms with Crippen molar-refractivity contribution in [3.63, 3.8) is 0 Å². The summed E-state index contributed by atoms with van der Waals surface area (Å²) >= 11 is 12.1. The number of hydrogen-bond acceptors (Lipinski definition) is 3. The third-order valence-electron chi connectivity index (χ3n) is 4.58. The third-order valence-corrected chi connectivity index (χ3v) is 5.15. The highest BCUT2D eigenvalue weighted by Crippen LogP contribution is 2.45. The Hall–Kier alpha value is -0.640. The van der Waals surface area contributed by atoms with E-state index in [0.29, 0.717) is 33.5 Å². The number of hydrogen-bond donors (Lipinski definition) is 0. The first-order chi connectivity index (χ1) is 10.2. The van der Waals surface area contributed by atoms with Crippen LogP contribution in [0, 0.1) is 17.3 Å². The van der Waals surface area contributed by atoms with Crippen molar-refractivity contribution in [2.75, 3.05) is 20.1 Å². The molecule has 0 N–H and O–H groups in total. The smallest absolute Gasteiger partial charge is 0.179 e. The minimum Gasteiger partial charge on any atom is -0.299 e. The molecule has 0 atom stereocenters. The normalized spacial score (nSPS) is 21.8. The largest absolute Gasteiger partial charge is 0.299 e. The molecule has 1 aliphatic carbocycles. The summed E-state index contributed by atoms with van der Waals surface area (Å²) in [5.41, 5.74) is 0.773. The van der Waals surface area contributed by atoms with E-state index < -0.39 is 0 Å². The summed E-state index contributed by atoms with van der Waals surface area (Å²) in [5.74, 6) is 1.43. The Morgan fingerprint density at radius 2 is 1.82 bits per heavy atom. The molecule has 5 heteroatoms. The number of ketones is 1. The molecule has 3 nitrogen and oxygen atoms in total. The first kappa shape index (κ1) is 17.7. The van der Waals surface area contributed by atoms with E-state index >= 15 is 0 Å². The van der Waals surface area contributed by atoms with Crippen LogP contribution in [0.1, 0.15) is 44.0 Å². The van der Waals surface area contributed by atoms with E-state index in [2.05, 4.69) is 30.7 Å². The lowest BCUT2D eigenvalue weighted by molar-refractivity contribution is 0.0539. The fraction of sp³-hybridized carbons (Fsp3) is 0.647. The molecule has 0 bridgehead atoms. The Morgan fingerprint density at radius 1 is 1.27 bits per heavy atom. The topological polar surface area (TPSA) is 33.2 Å². The van der Waals surface area contributed by atoms with Gasteiger partial charge in [-0.25, -0.2) is 0 Å². The molecule has 0 saturated heterocycles. The molecule has 0 spiro atoms. The molecule has 1 heterocycles. The Balaban J connectivity index is 1.86. The van der Waals surface area contributed by atoms with Gasteiger partial charge in [-0.15, -0.1) is 0 Å². The summed E-state index contributed by atoms with van der Waals surface area (Å²) in [4.78, 5) is 18.3. The first-order valence-corrected chi connectivity index (χ1v) is 8.44. The van der Waals surface area contributed by atoms with Gasteiger partial charge >= 0.3 is 0 Å². The number of pyridine rings is 1. The number of aromatic nitrogens is 1. The highest BCUT2D eigenvalue weighted by Gasteiger charge is 2.37. The van der Waals surface area contributed by atoms with Gasteiger partial charge in [0.15, 0.2) is 5.78 Å². The van der Waals surface area contributed by atoms with Crippen molar-refractivity contribution in [2.45, 2.75) is 33.6 Å². The van der Waals surface area contributed by atoms with Gasteiger partial charge in [-0.3, -0.25) is 14.7 Å². The van der Waals surface area contributed by atoms with Crippen LogP contribution < -0.4 is 0 Å². The molecule has 2 rings (SSSR count). The van der Waals surface area contributed by atoms with E-state index in [1.54, 1.807) is 0 Å². The number of carbonyl (C=O) groups excluding carboxylic acids is 1. The fourth-order valence-corrected chi connectivity index (χ4v) is 3.67. The SMILES string of the molecule is CN(CC(=O)c1c(Cl)cncc1Cl)CC1CC(C(C)(C)C)C1. The molecule has 22 heavy (non-hydrogen) atoms. The van der Waals surface area contributed by atoms with Crippen molar-refractivity contribution in [1.82, 2.24) is 9.88 Å². The van der Waals surface area contributed by atoms with Crippen molar-refractivity contribution in [3.05, 3.63) is 28.0 Å². The molecular weight excluding hydrogens is 319 g/mol. The second-order valence-corrected chi connectivity index (χ2v) is 8.31. The Morgan fingerprint density at radius 3 is 2.32 bits per heavy atom. The van der Waals surface area contributed by atoms with E-state index in [1.165, 1.54) is 25.2 Å². The summed E-state index contributed by atoms with van der Waals surface area (Å²) in [6.07, 6.45) is 5.42. The van der Waals surface area contributed by atoms with Crippen LogP contribution in [0.2, 0.25) is 10.0 Å². The van der Waals surface area contributed by atoms with Gasteiger partial charge in [-0.05, 0) is 37.1 Å². The Bertz CT molecular complexity index is 528. The number of rotatable bonds is 5. The van der Waals surface area contributed by atoms with Crippen molar-refractivity contribution in [3.8, 4) is 0 Å². The molecule has 1 saturated carbocycles. The molecule has 0 radical (unpaired) electrons. The predicted molar refractivity (Wildman–Crippen MR) is 91.8 cm³/mol. The quantitative estimate of drug-likeness (QED) is 0.734. The van der Waals surface area contributed by atoms with E-state index in [-0.39, 0.29) is 5.78 Å². The van der Waals surface area contributed by atoms with Gasteiger partial charge < -0.3 is 0 Å². The van der Waals surface area contributed by atoms with Crippen LogP contribution in [0.3, 0.4) is 0 Å². The van der Waals surface area contributed by atoms with Crippen LogP contribution in [0.5, 0.6) is 0 Å². The number of likely N-dealkylation sites (N-methyl/N-ethyl adjacent to an activating group) is 1. The summed E-state index contributed by atoms with van der Waals surface area (Å²) in [7, 11) is 1.98. The zero-order chi connectivity index (χ0) is 16.5. The monoisotopic (exact) mass is 342 g/mol. The maximum Gasteiger partial charge on any atom is 0.179 e. The lowest BCUT2D eigenvalue weighted by Crippen LogP contribution is -2.40. The summed E-state index contributed by atoms with van der Waals surface area (Å²) < 4.78 is 0. The van der Waals surface area contributed by atoms with Crippen molar-refractivity contribution in [1.29, 1.82) is 0 Å². The van der Waals surface area contributed by atoms with E-state index in [0.717, 1.165) is 12.5 Å². The van der Waals surface area contributed by atoms with Crippen molar-refractivity contribution >= 4 is 29.0 Å². The average molecular weight is 343 g/mol. The van der Waals surface area contributed by atoms with Gasteiger partial charge in [0.2, 0.25) is 0 Å². The van der Waals surface area contributed by atoms with Gasteiger partial charge in [0.1, 0.15) is 0 Å². The summed E-state index contributed by atoms with van der Waals surface area (Å²) in [5, 5.41) is 0.643. The molecule has 1 aromatic heterocycles. The number of Topliss-reactive ketones (excluding diaryl/α,β-unsaturated/α-hetero) is 1. The van der Waals surface area contributed by atoms with Crippen molar-refractivity contribution < 1.29 is 4.79 Å². The highest BCUT2D eigenvalue weighted by molar-refractivity contribution is 6.39. The van der Waals surface area contributed by atoms with Gasteiger partial charge in [-0.2, -0.15) is 0 Å². The first-order valence-electron chi connectivity index (χ1n) is 7.69. The van der Waals surface area contributed by atoms with Crippen molar-refractivity contribution in [2.24, 2.45) is 17.3 Å². The minimum atomic E-state index is -0.0494. The molecule has 0 aromatic carbocycles. The molecule has 1 aliphatic rings. The second kappa shape index (κ2) is 6.86. The summed E-state index contributed by atoms with van der Waals surface area (Å²) in [6, 6.07) is 0. The molecular formula is C17H24Cl2N2O. The third kappa shape index (κ3) is 4.21. The van der Waals surface area contributed by atoms with E-state index in [4.69, 9.17) is 23.2 Å². The predicted octanol–water partition coefficient (Wildman–Crippen LogP) is 4.58. The lowest BCUT2D eigenvalue weighted by Gasteiger charge is -2.45. The van der Waals surface area contributed by atoms with Crippen LogP contribution in [0.25, 0.3) is 0 Å². The Labute approximate surface area is 143 Å². The molecule has 0 aliphatic heterocycles. The maximum absolute atomic E-state index is 12.4. The number of carbonyl (C=O) groups is 1. The van der Waals surface area contributed by atoms with Gasteiger partial charge in [0.25, 0.3) is 0 Å². The minimum absolute atomic E-state index is 0.0494. The van der Waals surface area contributed by atoms with Crippen LogP contribution in [-0.2, 0) is 0 Å². The molecule has 122 valence electrons. The van der Waals surface area contributed by atoms with Crippen LogP contribution in [-0.4, -0.2) is 35.8 Å². The number of halogens is 2. The lowest BCUT2D eigenvalue weighted by atomic mass is 9.63. The molecule has 1 fully saturated rings. The van der Waals surface area contributed by atoms with E-state index in [9.17, 15) is 4.79 Å². The average Bonchev–Trinajstić information content (AvgIpc) is 2.31. The second-order valence-electron chi connectivity index (χ2n) is 7.50. The fourth-order valence-electron chi connectivity index (χ4n) is 3.10. The van der Waals surface area contributed by atoms with Crippen LogP contribution in [0.15, 0.2) is 12.4 Å². The zero-order valence-electron chi connectivity index (χ0n) is 13.7. The zero-order valence-corrected chi connectivity index (χ0v) is 15.2. The highest BCUT2D eigenvalue weighted by atomic mass is 35.5. The Kier molecular flexibility index (Phi) is 5.52. The van der Waals surface area contributed by atoms with Crippen LogP contribution in [0.4, 0.5) is 0 Å². The van der Waals surface area contributed by atoms with Gasteiger partial charge in [0.05, 0.1) is 22.2 Å². The standard InChI is InChI=1S/C17H24Cl2N2O/c1-17(2,3)12-5-11(6-12)9-21(4)10-15(22)16-13(18)7-20-8-14(16)19/h7-8,11-12H,5-6,9-10H2,1-4H3. The van der Waals surface area contributed by atoms with Gasteiger partial charge in [-0.1, -0.05) is 44.0 Å². The molecule has 0 unspecified atom stereocenters. The van der Waals surface area contributed by atoms with E-state index in [1.807, 2.05) is 7.05 Å². The number of nitrogens with zero attached hydrogens (tertiary/aromatic N) is 2. The van der Waals surface area contributed by atoms with Gasteiger partial charge in [0, 0.05) is 18.9 Å². The maximum atomic E-state index is 12.4.